The number of carbonyl (C=O) groups excluding carboxylic acids is 5. The predicted molar refractivity (Wildman–Crippen MR) is 296 cm³/mol. The van der Waals surface area contributed by atoms with E-state index in [0.29, 0.717) is 48.1 Å². The Labute approximate surface area is 455 Å². The molecule has 10 rings (SSSR count). The summed E-state index contributed by atoms with van der Waals surface area (Å²) in [6.07, 6.45) is 7.07. The molecule has 412 valence electrons. The molecule has 1 aliphatic heterocycles. The van der Waals surface area contributed by atoms with E-state index >= 15 is 0 Å². The van der Waals surface area contributed by atoms with Crippen LogP contribution >= 0.6 is 11.3 Å². The van der Waals surface area contributed by atoms with Crippen LogP contribution in [-0.2, 0) is 48.0 Å². The minimum absolute atomic E-state index is 0.0199. The van der Waals surface area contributed by atoms with E-state index in [2.05, 4.69) is 50.4 Å². The molecule has 4 aliphatic carbocycles. The van der Waals surface area contributed by atoms with Crippen LogP contribution in [0, 0.1) is 23.2 Å². The zero-order valence-corrected chi connectivity index (χ0v) is 47.7. The van der Waals surface area contributed by atoms with Gasteiger partial charge < -0.3 is 34.5 Å². The first-order valence-electron chi connectivity index (χ1n) is 26.9. The number of benzene rings is 2. The molecule has 77 heavy (non-hydrogen) atoms. The van der Waals surface area contributed by atoms with Crippen LogP contribution in [0.1, 0.15) is 159 Å². The van der Waals surface area contributed by atoms with Gasteiger partial charge in [-0.3, -0.25) is 24.4 Å². The number of nitrogens with zero attached hydrogens (tertiary/aromatic N) is 5. The molecule has 5 aliphatic rings. The standard InChI is InChI=1S/C59H76N8O9S/c1-36-40(38-20-21-45(64-47(38)50(71)75-54(5,6)7)66-24-22-37-16-15-17-39(41(37)28-66)48(69)65-51-62-42-18-13-14-19-44(42)77-51)27-61-67(36)35-58-30-56(11)29-57(12,31-58)33-59(32-56,34-58)73-25-23-60-49(70)43(26-46(68)74-53(2,3)4)63-52(72)76-55(8,9)10/h13-21,27,43H,22-26,28-35H2,1-12H3,(H,60,70)(H,63,72)(H,62,65,69)/t43-,56?,57?,58?,59?/m0/s1. The van der Waals surface area contributed by atoms with E-state index in [1.54, 1.807) is 41.5 Å². The number of alkyl carbamates (subject to hydrolysis) is 1. The number of anilines is 2. The number of hydrogen-bond donors (Lipinski definition) is 3. The van der Waals surface area contributed by atoms with Crippen molar-refractivity contribution in [1.82, 2.24) is 30.4 Å². The van der Waals surface area contributed by atoms with Gasteiger partial charge in [-0.25, -0.2) is 19.6 Å². The SMILES string of the molecule is Cc1c(-c2ccc(N3CCc4cccc(C(=O)Nc5nc6ccccc6s5)c4C3)nc2C(=O)OC(C)(C)C)cnn1CC12CC3(C)CC(C)(C1)CC(OCCNC(=O)[C@H](CC(=O)OC(C)(C)C)NC(=O)OC(C)(C)C)(C3)C2. The number of nitrogens with one attached hydrogen (secondary N) is 3. The van der Waals surface area contributed by atoms with Crippen molar-refractivity contribution in [2.75, 3.05) is 29.9 Å². The summed E-state index contributed by atoms with van der Waals surface area (Å²) in [6, 6.07) is 16.3. The number of esters is 2. The van der Waals surface area contributed by atoms with Crippen molar-refractivity contribution in [2.45, 2.75) is 176 Å². The normalized spacial score (nSPS) is 23.2. The number of thiazole rings is 1. The first kappa shape index (κ1) is 55.4. The second kappa shape index (κ2) is 20.4. The summed E-state index contributed by atoms with van der Waals surface area (Å²) < 4.78 is 26.9. The fourth-order valence-electron chi connectivity index (χ4n) is 13.5. The molecule has 0 saturated heterocycles. The van der Waals surface area contributed by atoms with Crippen molar-refractivity contribution in [3.63, 3.8) is 0 Å². The molecule has 18 heteroatoms. The number of pyridine rings is 1. The lowest BCUT2D eigenvalue weighted by atomic mass is 9.39. The zero-order valence-electron chi connectivity index (χ0n) is 46.9. The quantitative estimate of drug-likeness (QED) is 0.0508. The summed E-state index contributed by atoms with van der Waals surface area (Å²) >= 11 is 1.44. The average molecular weight is 1070 g/mol. The number of aromatic nitrogens is 4. The van der Waals surface area contributed by atoms with Crippen molar-refractivity contribution in [3.05, 3.63) is 88.9 Å². The van der Waals surface area contributed by atoms with Gasteiger partial charge >= 0.3 is 18.0 Å². The Morgan fingerprint density at radius 1 is 0.779 bits per heavy atom. The van der Waals surface area contributed by atoms with Crippen molar-refractivity contribution in [1.29, 1.82) is 0 Å². The van der Waals surface area contributed by atoms with Crippen molar-refractivity contribution >= 4 is 62.3 Å². The van der Waals surface area contributed by atoms with Gasteiger partial charge in [0.1, 0.15) is 28.7 Å². The molecular weight excluding hydrogens is 997 g/mol. The molecule has 5 aromatic rings. The smallest absolute Gasteiger partial charge is 0.408 e. The first-order valence-corrected chi connectivity index (χ1v) is 27.7. The lowest BCUT2D eigenvalue weighted by Crippen LogP contribution is -2.64. The molecule has 3 amide bonds. The van der Waals surface area contributed by atoms with Gasteiger partial charge in [-0.05, 0) is 172 Å². The van der Waals surface area contributed by atoms with Gasteiger partial charge in [0, 0.05) is 48.6 Å². The van der Waals surface area contributed by atoms with Crippen LogP contribution < -0.4 is 20.9 Å². The number of rotatable bonds is 15. The highest BCUT2D eigenvalue weighted by Gasteiger charge is 2.66. The van der Waals surface area contributed by atoms with Gasteiger partial charge in [0.25, 0.3) is 5.91 Å². The Bertz CT molecular complexity index is 3030. The second-order valence-corrected chi connectivity index (χ2v) is 26.9. The number of hydrogen-bond acceptors (Lipinski definition) is 14. The largest absolute Gasteiger partial charge is 0.460 e. The van der Waals surface area contributed by atoms with Crippen LogP contribution in [0.5, 0.6) is 0 Å². The van der Waals surface area contributed by atoms with Gasteiger partial charge in [-0.2, -0.15) is 5.10 Å². The highest BCUT2D eigenvalue weighted by Crippen LogP contribution is 2.72. The average Bonchev–Trinajstić information content (AvgIpc) is 3.89. The Morgan fingerprint density at radius 3 is 2.17 bits per heavy atom. The zero-order chi connectivity index (χ0) is 55.5. The monoisotopic (exact) mass is 1070 g/mol. The lowest BCUT2D eigenvalue weighted by Gasteiger charge is -2.69. The van der Waals surface area contributed by atoms with Crippen LogP contribution in [0.25, 0.3) is 21.3 Å². The maximum absolute atomic E-state index is 14.3. The Morgan fingerprint density at radius 2 is 1.48 bits per heavy atom. The van der Waals surface area contributed by atoms with Crippen LogP contribution in [0.15, 0.2) is 60.8 Å². The van der Waals surface area contributed by atoms with E-state index in [0.717, 1.165) is 71.1 Å². The minimum atomic E-state index is -1.21. The molecule has 2 unspecified atom stereocenters. The molecule has 3 atom stereocenters. The fraction of sp³-hybridized carbons (Fsp3) is 0.559. The molecule has 0 radical (unpaired) electrons. The Balaban J connectivity index is 0.915. The molecule has 3 aromatic heterocycles. The number of ether oxygens (including phenoxy) is 4. The minimum Gasteiger partial charge on any atom is -0.460 e. The summed E-state index contributed by atoms with van der Waals surface area (Å²) in [5.74, 6) is -1.32. The summed E-state index contributed by atoms with van der Waals surface area (Å²) in [5.41, 5.74) is 3.02. The van der Waals surface area contributed by atoms with Crippen molar-refractivity contribution in [2.24, 2.45) is 16.2 Å². The topological polar surface area (TPSA) is 205 Å². The number of amides is 3. The van der Waals surface area contributed by atoms with Gasteiger partial charge in [0.05, 0.1) is 35.0 Å². The van der Waals surface area contributed by atoms with Gasteiger partial charge in [0.15, 0.2) is 10.8 Å². The molecule has 4 bridgehead atoms. The molecule has 3 N–H and O–H groups in total. The molecule has 2 aromatic carbocycles. The molecular formula is C59H76N8O9S. The van der Waals surface area contributed by atoms with Gasteiger partial charge in [-0.1, -0.05) is 49.4 Å². The molecule has 4 fully saturated rings. The lowest BCUT2D eigenvalue weighted by molar-refractivity contribution is -0.247. The van der Waals surface area contributed by atoms with Gasteiger partial charge in [0.2, 0.25) is 5.91 Å². The van der Waals surface area contributed by atoms with E-state index in [9.17, 15) is 24.0 Å². The van der Waals surface area contributed by atoms with Crippen LogP contribution in [0.3, 0.4) is 0 Å². The summed E-state index contributed by atoms with van der Waals surface area (Å²) in [5, 5.41) is 14.1. The Kier molecular flexibility index (Phi) is 14.7. The number of para-hydroxylation sites is 1. The summed E-state index contributed by atoms with van der Waals surface area (Å²) in [7, 11) is 0. The van der Waals surface area contributed by atoms with Crippen molar-refractivity contribution < 1.29 is 42.9 Å². The van der Waals surface area contributed by atoms with E-state index < -0.39 is 52.4 Å². The maximum atomic E-state index is 14.3. The maximum Gasteiger partial charge on any atom is 0.408 e. The van der Waals surface area contributed by atoms with Crippen LogP contribution in [-0.4, -0.2) is 97.7 Å². The molecule has 17 nitrogen and oxygen atoms in total. The molecule has 4 saturated carbocycles. The van der Waals surface area contributed by atoms with Crippen LogP contribution in [0.2, 0.25) is 0 Å². The molecule has 0 spiro atoms. The third-order valence-electron chi connectivity index (χ3n) is 15.0. The predicted octanol–water partition coefficient (Wildman–Crippen LogP) is 10.5. The second-order valence-electron chi connectivity index (χ2n) is 25.9. The summed E-state index contributed by atoms with van der Waals surface area (Å²) in [6.45, 7) is 24.8. The number of carbonyl (C=O) groups is 5. The van der Waals surface area contributed by atoms with E-state index in [-0.39, 0.29) is 47.4 Å². The fourth-order valence-corrected chi connectivity index (χ4v) is 14.4. The highest BCUT2D eigenvalue weighted by molar-refractivity contribution is 7.22. The van der Waals surface area contributed by atoms with Gasteiger partial charge in [-0.15, -0.1) is 0 Å². The molecule has 4 heterocycles. The highest BCUT2D eigenvalue weighted by atomic mass is 32.1. The third-order valence-corrected chi connectivity index (χ3v) is 15.9. The number of fused-ring (bicyclic) bond motifs is 2. The first-order chi connectivity index (χ1) is 36.0. The summed E-state index contributed by atoms with van der Waals surface area (Å²) in [4.78, 5) is 79.2. The van der Waals surface area contributed by atoms with Crippen molar-refractivity contribution in [3.8, 4) is 11.1 Å². The van der Waals surface area contributed by atoms with E-state index in [1.165, 1.54) is 11.3 Å². The Hall–Kier alpha value is -6.40. The van der Waals surface area contributed by atoms with Crippen LogP contribution in [0.4, 0.5) is 15.7 Å². The van der Waals surface area contributed by atoms with E-state index in [4.69, 9.17) is 29.0 Å². The van der Waals surface area contributed by atoms with E-state index in [1.807, 2.05) is 82.4 Å². The third kappa shape index (κ3) is 12.8.